The van der Waals surface area contributed by atoms with Crippen LogP contribution < -0.4 is 5.32 Å². The molecular weight excluding hydrogens is 234 g/mol. The third kappa shape index (κ3) is 6.24. The molecule has 0 atom stereocenters. The molecule has 0 aromatic heterocycles. The van der Waals surface area contributed by atoms with E-state index in [1.54, 1.807) is 0 Å². The van der Waals surface area contributed by atoms with Crippen LogP contribution in [-0.4, -0.2) is 62.7 Å². The fourth-order valence-electron chi connectivity index (χ4n) is 3.49. The molecule has 0 spiro atoms. The van der Waals surface area contributed by atoms with E-state index in [0.29, 0.717) is 0 Å². The van der Waals surface area contributed by atoms with Crippen LogP contribution in [0.5, 0.6) is 0 Å². The average molecular weight is 267 g/mol. The Morgan fingerprint density at radius 2 is 1.79 bits per heavy atom. The molecule has 3 heteroatoms. The number of rotatable bonds is 7. The first-order valence-electron chi connectivity index (χ1n) is 8.46. The van der Waals surface area contributed by atoms with Gasteiger partial charge in [0.2, 0.25) is 0 Å². The van der Waals surface area contributed by atoms with Gasteiger partial charge in [-0.15, -0.1) is 0 Å². The quantitative estimate of drug-likeness (QED) is 0.763. The van der Waals surface area contributed by atoms with E-state index in [0.717, 1.165) is 5.92 Å². The van der Waals surface area contributed by atoms with Crippen LogP contribution in [0.15, 0.2) is 0 Å². The molecule has 112 valence electrons. The minimum atomic E-state index is 1.03. The second kappa shape index (κ2) is 8.93. The van der Waals surface area contributed by atoms with Gasteiger partial charge in [0.25, 0.3) is 0 Å². The maximum Gasteiger partial charge on any atom is 0.0107 e. The summed E-state index contributed by atoms with van der Waals surface area (Å²) in [5.74, 6) is 1.03. The van der Waals surface area contributed by atoms with Gasteiger partial charge in [0, 0.05) is 26.2 Å². The van der Waals surface area contributed by atoms with E-state index in [2.05, 4.69) is 22.2 Å². The summed E-state index contributed by atoms with van der Waals surface area (Å²) in [6, 6.07) is 0. The highest BCUT2D eigenvalue weighted by Gasteiger charge is 2.14. The zero-order valence-corrected chi connectivity index (χ0v) is 12.9. The predicted octanol–water partition coefficient (Wildman–Crippen LogP) is 2.18. The Balaban J connectivity index is 1.47. The van der Waals surface area contributed by atoms with Crippen LogP contribution in [-0.2, 0) is 0 Å². The van der Waals surface area contributed by atoms with Gasteiger partial charge in [0.1, 0.15) is 0 Å². The third-order valence-corrected chi connectivity index (χ3v) is 4.87. The molecule has 0 aromatic carbocycles. The van der Waals surface area contributed by atoms with Crippen molar-refractivity contribution in [1.29, 1.82) is 0 Å². The van der Waals surface area contributed by atoms with Gasteiger partial charge in [-0.1, -0.05) is 32.1 Å². The summed E-state index contributed by atoms with van der Waals surface area (Å²) in [7, 11) is 2.31. The van der Waals surface area contributed by atoms with Crippen molar-refractivity contribution in [3.8, 4) is 0 Å². The zero-order valence-electron chi connectivity index (χ0n) is 12.9. The van der Waals surface area contributed by atoms with Gasteiger partial charge in [0.15, 0.2) is 0 Å². The van der Waals surface area contributed by atoms with E-state index in [9.17, 15) is 0 Å². The van der Waals surface area contributed by atoms with Crippen LogP contribution in [0.1, 0.15) is 44.9 Å². The first kappa shape index (κ1) is 15.3. The molecule has 2 aliphatic rings. The second-order valence-electron chi connectivity index (χ2n) is 6.54. The molecule has 2 rings (SSSR count). The Morgan fingerprint density at radius 3 is 2.53 bits per heavy atom. The summed E-state index contributed by atoms with van der Waals surface area (Å²) in [4.78, 5) is 5.16. The normalized spacial score (nSPS) is 23.1. The third-order valence-electron chi connectivity index (χ3n) is 4.87. The van der Waals surface area contributed by atoms with Gasteiger partial charge < -0.3 is 15.1 Å². The highest BCUT2D eigenvalue weighted by Crippen LogP contribution is 2.26. The van der Waals surface area contributed by atoms with Crippen molar-refractivity contribution in [3.05, 3.63) is 0 Å². The predicted molar refractivity (Wildman–Crippen MR) is 82.6 cm³/mol. The fraction of sp³-hybridized carbons (Fsp3) is 1.00. The lowest BCUT2D eigenvalue weighted by Gasteiger charge is -2.28. The highest BCUT2D eigenvalue weighted by atomic mass is 15.2. The summed E-state index contributed by atoms with van der Waals surface area (Å²) in [6.45, 7) is 8.71. The lowest BCUT2D eigenvalue weighted by Crippen LogP contribution is -2.44. The first-order chi connectivity index (χ1) is 9.34. The molecule has 19 heavy (non-hydrogen) atoms. The Bertz CT molecular complexity index is 220. The van der Waals surface area contributed by atoms with Crippen molar-refractivity contribution in [1.82, 2.24) is 15.1 Å². The molecule has 0 amide bonds. The van der Waals surface area contributed by atoms with E-state index in [1.807, 2.05) is 0 Å². The standard InChI is InChI=1S/C16H33N3/c1-18(13-8-16-6-3-2-4-7-16)11-5-12-19-14-9-17-10-15-19/h16-17H,2-15H2,1H3. The van der Waals surface area contributed by atoms with Crippen molar-refractivity contribution in [2.45, 2.75) is 44.9 Å². The Kier molecular flexibility index (Phi) is 7.18. The van der Waals surface area contributed by atoms with Crippen LogP contribution in [0, 0.1) is 5.92 Å². The van der Waals surface area contributed by atoms with Crippen LogP contribution in [0.3, 0.4) is 0 Å². The molecule has 1 N–H and O–H groups in total. The van der Waals surface area contributed by atoms with Crippen LogP contribution in [0.2, 0.25) is 0 Å². The fourth-order valence-corrected chi connectivity index (χ4v) is 3.49. The molecule has 0 bridgehead atoms. The Labute approximate surface area is 119 Å². The van der Waals surface area contributed by atoms with Crippen molar-refractivity contribution >= 4 is 0 Å². The van der Waals surface area contributed by atoms with E-state index in [1.165, 1.54) is 90.8 Å². The van der Waals surface area contributed by atoms with E-state index in [4.69, 9.17) is 0 Å². The maximum absolute atomic E-state index is 3.42. The van der Waals surface area contributed by atoms with Gasteiger partial charge in [-0.3, -0.25) is 0 Å². The van der Waals surface area contributed by atoms with Crippen molar-refractivity contribution in [3.63, 3.8) is 0 Å². The minimum absolute atomic E-state index is 1.03. The molecule has 0 radical (unpaired) electrons. The molecule has 2 fully saturated rings. The molecule has 3 nitrogen and oxygen atoms in total. The number of hydrogen-bond acceptors (Lipinski definition) is 3. The number of piperazine rings is 1. The minimum Gasteiger partial charge on any atom is -0.314 e. The number of nitrogens with zero attached hydrogens (tertiary/aromatic N) is 2. The summed E-state index contributed by atoms with van der Waals surface area (Å²) in [5.41, 5.74) is 0. The van der Waals surface area contributed by atoms with Gasteiger partial charge in [0.05, 0.1) is 0 Å². The Morgan fingerprint density at radius 1 is 1.05 bits per heavy atom. The molecule has 1 heterocycles. The van der Waals surface area contributed by atoms with Crippen LogP contribution in [0.4, 0.5) is 0 Å². The lowest BCUT2D eigenvalue weighted by atomic mass is 9.87. The van der Waals surface area contributed by atoms with Gasteiger partial charge >= 0.3 is 0 Å². The van der Waals surface area contributed by atoms with E-state index < -0.39 is 0 Å². The van der Waals surface area contributed by atoms with Crippen LogP contribution >= 0.6 is 0 Å². The SMILES string of the molecule is CN(CCCN1CCNCC1)CCC1CCCCC1. The monoisotopic (exact) mass is 267 g/mol. The van der Waals surface area contributed by atoms with Crippen molar-refractivity contribution in [2.24, 2.45) is 5.92 Å². The molecule has 1 saturated heterocycles. The average Bonchev–Trinajstić information content (AvgIpc) is 2.47. The zero-order chi connectivity index (χ0) is 13.3. The first-order valence-corrected chi connectivity index (χ1v) is 8.46. The maximum atomic E-state index is 3.42. The highest BCUT2D eigenvalue weighted by molar-refractivity contribution is 4.69. The van der Waals surface area contributed by atoms with Crippen molar-refractivity contribution in [2.75, 3.05) is 52.9 Å². The lowest BCUT2D eigenvalue weighted by molar-refractivity contribution is 0.214. The molecular formula is C16H33N3. The topological polar surface area (TPSA) is 18.5 Å². The van der Waals surface area contributed by atoms with Gasteiger partial charge in [-0.2, -0.15) is 0 Å². The molecule has 1 aliphatic carbocycles. The molecule has 1 aliphatic heterocycles. The van der Waals surface area contributed by atoms with Gasteiger partial charge in [-0.25, -0.2) is 0 Å². The number of hydrogen-bond donors (Lipinski definition) is 1. The summed E-state index contributed by atoms with van der Waals surface area (Å²) < 4.78 is 0. The van der Waals surface area contributed by atoms with E-state index in [-0.39, 0.29) is 0 Å². The molecule has 1 saturated carbocycles. The van der Waals surface area contributed by atoms with Gasteiger partial charge in [-0.05, 0) is 45.4 Å². The summed E-state index contributed by atoms with van der Waals surface area (Å²) >= 11 is 0. The van der Waals surface area contributed by atoms with Crippen molar-refractivity contribution < 1.29 is 0 Å². The van der Waals surface area contributed by atoms with E-state index >= 15 is 0 Å². The molecule has 0 aromatic rings. The smallest absolute Gasteiger partial charge is 0.0107 e. The largest absolute Gasteiger partial charge is 0.314 e. The molecule has 0 unspecified atom stereocenters. The number of nitrogens with one attached hydrogen (secondary N) is 1. The second-order valence-corrected chi connectivity index (χ2v) is 6.54. The summed E-state index contributed by atoms with van der Waals surface area (Å²) in [6.07, 6.45) is 10.2. The van der Waals surface area contributed by atoms with Crippen LogP contribution in [0.25, 0.3) is 0 Å². The summed E-state index contributed by atoms with van der Waals surface area (Å²) in [5, 5.41) is 3.42. The Hall–Kier alpha value is -0.120.